The first-order valence-electron chi connectivity index (χ1n) is 6.00. The highest BCUT2D eigenvalue weighted by Gasteiger charge is 2.34. The molecule has 1 aliphatic rings. The monoisotopic (exact) mass is 219 g/mol. The molecule has 2 unspecified atom stereocenters. The van der Waals surface area contributed by atoms with Crippen LogP contribution in [0.25, 0.3) is 0 Å². The molecule has 0 aliphatic carbocycles. The molecular formula is C14H21NO. The Balaban J connectivity index is 2.49. The molecule has 0 amide bonds. The van der Waals surface area contributed by atoms with Gasteiger partial charge in [-0.2, -0.15) is 0 Å². The maximum Gasteiger partial charge on any atom is 0.128 e. The smallest absolute Gasteiger partial charge is 0.128 e. The number of fused-ring (bicyclic) bond motifs is 1. The van der Waals surface area contributed by atoms with Gasteiger partial charge in [-0.25, -0.2) is 0 Å². The van der Waals surface area contributed by atoms with Gasteiger partial charge < -0.3 is 10.5 Å². The predicted molar refractivity (Wildman–Crippen MR) is 66.8 cm³/mol. The Bertz CT molecular complexity index is 392. The van der Waals surface area contributed by atoms with E-state index in [0.717, 1.165) is 12.2 Å². The Labute approximate surface area is 97.8 Å². The van der Waals surface area contributed by atoms with E-state index >= 15 is 0 Å². The molecule has 0 saturated carbocycles. The SMILES string of the molecule is CCC1Oc2c(cccc2C(C)(C)C)C1N. The molecule has 1 aromatic rings. The number of rotatable bonds is 1. The van der Waals surface area contributed by atoms with Gasteiger partial charge in [0.25, 0.3) is 0 Å². The van der Waals surface area contributed by atoms with Crippen molar-refractivity contribution in [3.8, 4) is 5.75 Å². The molecule has 16 heavy (non-hydrogen) atoms. The summed E-state index contributed by atoms with van der Waals surface area (Å²) in [6, 6.07) is 6.34. The average Bonchev–Trinajstić information content (AvgIpc) is 2.54. The average molecular weight is 219 g/mol. The molecular weight excluding hydrogens is 198 g/mol. The van der Waals surface area contributed by atoms with Crippen LogP contribution in [-0.2, 0) is 5.41 Å². The highest BCUT2D eigenvalue weighted by Crippen LogP contribution is 2.43. The van der Waals surface area contributed by atoms with Crippen LogP contribution in [-0.4, -0.2) is 6.10 Å². The summed E-state index contributed by atoms with van der Waals surface area (Å²) in [6.45, 7) is 8.73. The molecule has 0 saturated heterocycles. The van der Waals surface area contributed by atoms with E-state index in [2.05, 4.69) is 45.9 Å². The molecule has 2 heteroatoms. The first-order valence-corrected chi connectivity index (χ1v) is 6.00. The third kappa shape index (κ3) is 1.71. The fourth-order valence-electron chi connectivity index (χ4n) is 2.30. The van der Waals surface area contributed by atoms with E-state index in [1.165, 1.54) is 11.1 Å². The predicted octanol–water partition coefficient (Wildman–Crippen LogP) is 3.15. The number of nitrogens with two attached hydrogens (primary N) is 1. The van der Waals surface area contributed by atoms with Gasteiger partial charge in [0.1, 0.15) is 11.9 Å². The van der Waals surface area contributed by atoms with Gasteiger partial charge in [0.05, 0.1) is 6.04 Å². The Kier molecular flexibility index (Phi) is 2.70. The lowest BCUT2D eigenvalue weighted by molar-refractivity contribution is 0.199. The van der Waals surface area contributed by atoms with E-state index in [1.54, 1.807) is 0 Å². The number of benzene rings is 1. The summed E-state index contributed by atoms with van der Waals surface area (Å²) in [5, 5.41) is 0. The molecule has 0 aromatic heterocycles. The lowest BCUT2D eigenvalue weighted by Gasteiger charge is -2.22. The summed E-state index contributed by atoms with van der Waals surface area (Å²) in [5.41, 5.74) is 8.72. The summed E-state index contributed by atoms with van der Waals surface area (Å²) in [7, 11) is 0. The first-order chi connectivity index (χ1) is 7.45. The summed E-state index contributed by atoms with van der Waals surface area (Å²) >= 11 is 0. The van der Waals surface area contributed by atoms with Crippen molar-refractivity contribution in [2.75, 3.05) is 0 Å². The van der Waals surface area contributed by atoms with Crippen molar-refractivity contribution in [1.82, 2.24) is 0 Å². The summed E-state index contributed by atoms with van der Waals surface area (Å²) in [5.74, 6) is 1.02. The highest BCUT2D eigenvalue weighted by atomic mass is 16.5. The molecule has 1 aliphatic heterocycles. The minimum absolute atomic E-state index is 0.0299. The van der Waals surface area contributed by atoms with Crippen LogP contribution in [0.2, 0.25) is 0 Å². The maximum atomic E-state index is 6.19. The Morgan fingerprint density at radius 1 is 1.31 bits per heavy atom. The third-order valence-electron chi connectivity index (χ3n) is 3.28. The fourth-order valence-corrected chi connectivity index (χ4v) is 2.30. The zero-order chi connectivity index (χ0) is 11.9. The van der Waals surface area contributed by atoms with Gasteiger partial charge in [0.2, 0.25) is 0 Å². The van der Waals surface area contributed by atoms with Crippen LogP contribution in [0, 0.1) is 0 Å². The van der Waals surface area contributed by atoms with Crippen LogP contribution >= 0.6 is 0 Å². The standard InChI is InChI=1S/C14H21NO/c1-5-11-12(15)9-7-6-8-10(13(9)16-11)14(2,3)4/h6-8,11-12H,5,15H2,1-4H3. The Hall–Kier alpha value is -1.02. The number of hydrogen-bond acceptors (Lipinski definition) is 2. The highest BCUT2D eigenvalue weighted by molar-refractivity contribution is 5.49. The van der Waals surface area contributed by atoms with E-state index in [1.807, 2.05) is 0 Å². The number of ether oxygens (including phenoxy) is 1. The fraction of sp³-hybridized carbons (Fsp3) is 0.571. The van der Waals surface area contributed by atoms with Crippen molar-refractivity contribution in [1.29, 1.82) is 0 Å². The van der Waals surface area contributed by atoms with Gasteiger partial charge in [-0.1, -0.05) is 45.9 Å². The van der Waals surface area contributed by atoms with E-state index < -0.39 is 0 Å². The van der Waals surface area contributed by atoms with Crippen LogP contribution in [0.1, 0.15) is 51.3 Å². The second kappa shape index (κ2) is 3.77. The Morgan fingerprint density at radius 2 is 2.00 bits per heavy atom. The molecule has 0 fully saturated rings. The van der Waals surface area contributed by atoms with Gasteiger partial charge >= 0.3 is 0 Å². The van der Waals surface area contributed by atoms with Gasteiger partial charge in [0.15, 0.2) is 0 Å². The zero-order valence-corrected chi connectivity index (χ0v) is 10.6. The molecule has 88 valence electrons. The molecule has 2 rings (SSSR count). The molecule has 1 heterocycles. The van der Waals surface area contributed by atoms with Crippen LogP contribution in [0.15, 0.2) is 18.2 Å². The minimum atomic E-state index is 0.0299. The van der Waals surface area contributed by atoms with Crippen molar-refractivity contribution in [3.05, 3.63) is 29.3 Å². The van der Waals surface area contributed by atoms with Crippen molar-refractivity contribution in [2.45, 2.75) is 51.7 Å². The quantitative estimate of drug-likeness (QED) is 0.787. The summed E-state index contributed by atoms with van der Waals surface area (Å²) < 4.78 is 6.00. The Morgan fingerprint density at radius 3 is 2.56 bits per heavy atom. The van der Waals surface area contributed by atoms with E-state index in [9.17, 15) is 0 Å². The molecule has 2 atom stereocenters. The molecule has 2 N–H and O–H groups in total. The maximum absolute atomic E-state index is 6.19. The molecule has 0 spiro atoms. The molecule has 1 aromatic carbocycles. The van der Waals surface area contributed by atoms with E-state index in [-0.39, 0.29) is 17.6 Å². The van der Waals surface area contributed by atoms with Gasteiger partial charge in [-0.3, -0.25) is 0 Å². The summed E-state index contributed by atoms with van der Waals surface area (Å²) in [4.78, 5) is 0. The third-order valence-corrected chi connectivity index (χ3v) is 3.28. The van der Waals surface area contributed by atoms with Crippen molar-refractivity contribution >= 4 is 0 Å². The van der Waals surface area contributed by atoms with Gasteiger partial charge in [0, 0.05) is 5.56 Å². The van der Waals surface area contributed by atoms with Gasteiger partial charge in [-0.15, -0.1) is 0 Å². The first kappa shape index (κ1) is 11.5. The van der Waals surface area contributed by atoms with Crippen LogP contribution in [0.5, 0.6) is 5.75 Å². The number of hydrogen-bond donors (Lipinski definition) is 1. The van der Waals surface area contributed by atoms with Crippen LogP contribution < -0.4 is 10.5 Å². The topological polar surface area (TPSA) is 35.2 Å². The van der Waals surface area contributed by atoms with Crippen molar-refractivity contribution in [3.63, 3.8) is 0 Å². The van der Waals surface area contributed by atoms with Crippen LogP contribution in [0.3, 0.4) is 0 Å². The minimum Gasteiger partial charge on any atom is -0.488 e. The zero-order valence-electron chi connectivity index (χ0n) is 10.6. The van der Waals surface area contributed by atoms with E-state index in [4.69, 9.17) is 10.5 Å². The molecule has 2 nitrogen and oxygen atoms in total. The normalized spacial score (nSPS) is 24.1. The second-order valence-corrected chi connectivity index (χ2v) is 5.56. The van der Waals surface area contributed by atoms with Crippen LogP contribution in [0.4, 0.5) is 0 Å². The summed E-state index contributed by atoms with van der Waals surface area (Å²) in [6.07, 6.45) is 1.10. The second-order valence-electron chi connectivity index (χ2n) is 5.56. The van der Waals surface area contributed by atoms with E-state index in [0.29, 0.717) is 0 Å². The van der Waals surface area contributed by atoms with Gasteiger partial charge in [-0.05, 0) is 17.4 Å². The molecule has 0 bridgehead atoms. The lowest BCUT2D eigenvalue weighted by atomic mass is 9.85. The van der Waals surface area contributed by atoms with Crippen molar-refractivity contribution < 1.29 is 4.74 Å². The lowest BCUT2D eigenvalue weighted by Crippen LogP contribution is -2.24. The largest absolute Gasteiger partial charge is 0.488 e. The number of para-hydroxylation sites is 1. The van der Waals surface area contributed by atoms with Crippen molar-refractivity contribution in [2.24, 2.45) is 5.73 Å². The molecule has 0 radical (unpaired) electrons.